The zero-order chi connectivity index (χ0) is 15.9. The average molecular weight is 316 g/mol. The van der Waals surface area contributed by atoms with Crippen LogP contribution >= 0.6 is 0 Å². The van der Waals surface area contributed by atoms with Crippen molar-refractivity contribution < 1.29 is 32.8 Å². The topological polar surface area (TPSA) is 57.2 Å². The van der Waals surface area contributed by atoms with Gasteiger partial charge in [0.05, 0.1) is 6.10 Å². The van der Waals surface area contributed by atoms with Gasteiger partial charge in [-0.05, 0) is 13.8 Å². The molecule has 0 amide bonds. The Labute approximate surface area is 126 Å². The molecule has 2 aliphatic rings. The maximum Gasteiger partial charge on any atom is 0.187 e. The van der Waals surface area contributed by atoms with Crippen LogP contribution in [0.5, 0.6) is 5.75 Å². The highest BCUT2D eigenvalue weighted by Crippen LogP contribution is 2.37. The zero-order valence-corrected chi connectivity index (χ0v) is 12.3. The van der Waals surface area contributed by atoms with Crippen LogP contribution in [-0.4, -0.2) is 42.1 Å². The molecule has 0 aliphatic carbocycles. The molecule has 5 nitrogen and oxygen atoms in total. The highest BCUT2D eigenvalue weighted by Gasteiger charge is 2.50. The molecule has 0 bridgehead atoms. The van der Waals surface area contributed by atoms with Crippen molar-refractivity contribution in [1.82, 2.24) is 0 Å². The van der Waals surface area contributed by atoms with Crippen LogP contribution in [-0.2, 0) is 14.2 Å². The number of ether oxygens (including phenoxy) is 4. The summed E-state index contributed by atoms with van der Waals surface area (Å²) in [6.07, 6.45) is -1.74. The van der Waals surface area contributed by atoms with Crippen LogP contribution in [0.3, 0.4) is 0 Å². The van der Waals surface area contributed by atoms with Crippen LogP contribution < -0.4 is 4.74 Å². The molecule has 1 aromatic rings. The molecular weight excluding hydrogens is 298 g/mol. The smallest absolute Gasteiger partial charge is 0.187 e. The van der Waals surface area contributed by atoms with Gasteiger partial charge in [-0.3, -0.25) is 0 Å². The minimum Gasteiger partial charge on any atom is -0.491 e. The molecular formula is C15H18F2O5. The van der Waals surface area contributed by atoms with E-state index in [-0.39, 0.29) is 18.5 Å². The number of hydrogen-bond acceptors (Lipinski definition) is 5. The van der Waals surface area contributed by atoms with Crippen molar-refractivity contribution in [3.63, 3.8) is 0 Å². The van der Waals surface area contributed by atoms with E-state index < -0.39 is 35.9 Å². The Hall–Kier alpha value is -1.28. The van der Waals surface area contributed by atoms with E-state index in [1.807, 2.05) is 0 Å². The maximum atomic E-state index is 13.0. The Morgan fingerprint density at radius 2 is 1.95 bits per heavy atom. The van der Waals surface area contributed by atoms with E-state index in [9.17, 15) is 13.9 Å². The normalized spacial score (nSPS) is 31.0. The van der Waals surface area contributed by atoms with E-state index in [0.717, 1.165) is 18.2 Å². The highest BCUT2D eigenvalue weighted by atomic mass is 19.1. The second kappa shape index (κ2) is 5.73. The summed E-state index contributed by atoms with van der Waals surface area (Å²) in [5.74, 6) is -2.15. The van der Waals surface area contributed by atoms with Crippen LogP contribution in [0.15, 0.2) is 18.2 Å². The van der Waals surface area contributed by atoms with Gasteiger partial charge < -0.3 is 24.1 Å². The van der Waals surface area contributed by atoms with Gasteiger partial charge in [0.1, 0.15) is 36.2 Å². The molecule has 122 valence electrons. The third kappa shape index (κ3) is 3.38. The first kappa shape index (κ1) is 15.6. The minimum atomic E-state index is -0.952. The molecule has 0 saturated carbocycles. The van der Waals surface area contributed by atoms with Gasteiger partial charge in [-0.25, -0.2) is 8.78 Å². The molecule has 7 heteroatoms. The molecule has 3 rings (SSSR count). The molecule has 1 N–H and O–H groups in total. The van der Waals surface area contributed by atoms with Gasteiger partial charge in [0.15, 0.2) is 12.1 Å². The third-order valence-electron chi connectivity index (χ3n) is 3.60. The Bertz CT molecular complexity index is 514. The van der Waals surface area contributed by atoms with Crippen molar-refractivity contribution in [1.29, 1.82) is 0 Å². The fourth-order valence-corrected chi connectivity index (χ4v) is 2.68. The lowest BCUT2D eigenvalue weighted by atomic mass is 10.1. The second-order valence-corrected chi connectivity index (χ2v) is 5.94. The van der Waals surface area contributed by atoms with Gasteiger partial charge in [0.2, 0.25) is 0 Å². The molecule has 2 aliphatic heterocycles. The Balaban J connectivity index is 1.52. The first-order valence-electron chi connectivity index (χ1n) is 7.10. The lowest BCUT2D eigenvalue weighted by Crippen LogP contribution is -2.34. The van der Waals surface area contributed by atoms with Crippen molar-refractivity contribution in [2.45, 2.75) is 50.7 Å². The summed E-state index contributed by atoms with van der Waals surface area (Å²) in [6.45, 7) is 3.44. The van der Waals surface area contributed by atoms with Crippen molar-refractivity contribution >= 4 is 0 Å². The Kier molecular flexibility index (Phi) is 4.07. The summed E-state index contributed by atoms with van der Waals surface area (Å²) < 4.78 is 48.1. The van der Waals surface area contributed by atoms with Crippen molar-refractivity contribution in [3.8, 4) is 5.75 Å². The number of rotatable bonds is 4. The highest BCUT2D eigenvalue weighted by molar-refractivity contribution is 5.23. The number of halogens is 2. The molecule has 2 heterocycles. The number of hydrogen-bond donors (Lipinski definition) is 1. The average Bonchev–Trinajstić information content (AvgIpc) is 2.88. The fourth-order valence-electron chi connectivity index (χ4n) is 2.68. The van der Waals surface area contributed by atoms with Gasteiger partial charge in [-0.15, -0.1) is 0 Å². The van der Waals surface area contributed by atoms with Crippen LogP contribution in [0.25, 0.3) is 0 Å². The van der Waals surface area contributed by atoms with Crippen molar-refractivity contribution in [2.75, 3.05) is 6.61 Å². The van der Waals surface area contributed by atoms with E-state index in [1.165, 1.54) is 0 Å². The van der Waals surface area contributed by atoms with Crippen molar-refractivity contribution in [2.24, 2.45) is 0 Å². The van der Waals surface area contributed by atoms with Gasteiger partial charge in [0, 0.05) is 24.6 Å². The van der Waals surface area contributed by atoms with Gasteiger partial charge in [-0.2, -0.15) is 0 Å². The molecule has 1 aromatic carbocycles. The first-order valence-corrected chi connectivity index (χ1v) is 7.10. The van der Waals surface area contributed by atoms with Gasteiger partial charge in [0.25, 0.3) is 0 Å². The Morgan fingerprint density at radius 3 is 2.59 bits per heavy atom. The maximum absolute atomic E-state index is 13.0. The zero-order valence-electron chi connectivity index (χ0n) is 12.3. The SMILES string of the molecule is CC1(C)O[C@H]2O[C@H]([C@H](O)COc3cc(F)cc(F)c3)C[C@H]2O1. The summed E-state index contributed by atoms with van der Waals surface area (Å²) in [4.78, 5) is 0. The van der Waals surface area contributed by atoms with Crippen LogP contribution in [0.2, 0.25) is 0 Å². The number of aliphatic hydroxyl groups excluding tert-OH is 1. The lowest BCUT2D eigenvalue weighted by Gasteiger charge is -2.23. The predicted molar refractivity (Wildman–Crippen MR) is 71.2 cm³/mol. The standard InChI is InChI=1S/C15H18F2O5/c1-15(2)21-13-6-12(20-14(13)22-15)11(18)7-19-10-4-8(16)3-9(17)5-10/h3-5,11-14,18H,6-7H2,1-2H3/t11-,12+,13-,14-/m1/s1. The lowest BCUT2D eigenvalue weighted by molar-refractivity contribution is -0.215. The molecule has 2 fully saturated rings. The molecule has 0 aromatic heterocycles. The van der Waals surface area contributed by atoms with Crippen LogP contribution in [0.1, 0.15) is 20.3 Å². The predicted octanol–water partition coefficient (Wildman–Crippen LogP) is 1.97. The molecule has 0 radical (unpaired) electrons. The van der Waals surface area contributed by atoms with Gasteiger partial charge in [-0.1, -0.05) is 0 Å². The largest absolute Gasteiger partial charge is 0.491 e. The third-order valence-corrected chi connectivity index (χ3v) is 3.60. The second-order valence-electron chi connectivity index (χ2n) is 5.94. The fraction of sp³-hybridized carbons (Fsp3) is 0.600. The summed E-state index contributed by atoms with van der Waals surface area (Å²) >= 11 is 0. The number of benzene rings is 1. The van der Waals surface area contributed by atoms with Gasteiger partial charge >= 0.3 is 0 Å². The number of fused-ring (bicyclic) bond motifs is 1. The summed E-state index contributed by atoms with van der Waals surface area (Å²) in [7, 11) is 0. The van der Waals surface area contributed by atoms with Crippen molar-refractivity contribution in [3.05, 3.63) is 29.8 Å². The van der Waals surface area contributed by atoms with E-state index in [4.69, 9.17) is 18.9 Å². The summed E-state index contributed by atoms with van der Waals surface area (Å²) in [6, 6.07) is 2.85. The monoisotopic (exact) mass is 316 g/mol. The van der Waals surface area contributed by atoms with E-state index in [0.29, 0.717) is 6.42 Å². The van der Waals surface area contributed by atoms with Crippen LogP contribution in [0, 0.1) is 11.6 Å². The van der Waals surface area contributed by atoms with E-state index >= 15 is 0 Å². The Morgan fingerprint density at radius 1 is 1.27 bits per heavy atom. The molecule has 4 atom stereocenters. The number of aliphatic hydroxyl groups is 1. The molecule has 22 heavy (non-hydrogen) atoms. The molecule has 0 spiro atoms. The minimum absolute atomic E-state index is 0.0170. The van der Waals surface area contributed by atoms with Crippen LogP contribution in [0.4, 0.5) is 8.78 Å². The first-order chi connectivity index (χ1) is 10.3. The summed E-state index contributed by atoms with van der Waals surface area (Å²) in [5, 5.41) is 10.1. The van der Waals surface area contributed by atoms with E-state index in [1.54, 1.807) is 13.8 Å². The van der Waals surface area contributed by atoms with E-state index in [2.05, 4.69) is 0 Å². The molecule has 0 unspecified atom stereocenters. The quantitative estimate of drug-likeness (QED) is 0.920. The summed E-state index contributed by atoms with van der Waals surface area (Å²) in [5.41, 5.74) is 0. The molecule has 2 saturated heterocycles.